The zero-order valence-corrected chi connectivity index (χ0v) is 19.5. The Morgan fingerprint density at radius 1 is 0.853 bits per heavy atom. The molecule has 0 bridgehead atoms. The van der Waals surface area contributed by atoms with Gasteiger partial charge in [-0.2, -0.15) is 0 Å². The minimum Gasteiger partial charge on any atom is -0.366 e. The molecule has 0 heterocycles. The van der Waals surface area contributed by atoms with Crippen molar-refractivity contribution in [1.82, 2.24) is 5.32 Å². The minimum absolute atomic E-state index is 0.0384. The summed E-state index contributed by atoms with van der Waals surface area (Å²) in [5, 5.41) is 3.35. The molecule has 0 aliphatic heterocycles. The molecule has 3 aromatic rings. The van der Waals surface area contributed by atoms with Crippen LogP contribution in [-0.4, -0.2) is 18.4 Å². The fraction of sp³-hybridized carbons (Fsp3) is 0.310. The number of rotatable bonds is 8. The smallest absolute Gasteiger partial charge is 0.248 e. The lowest BCUT2D eigenvalue weighted by atomic mass is 9.81. The number of hydrogen-bond acceptors (Lipinski definition) is 3. The number of primary amides is 1. The largest absolute Gasteiger partial charge is 0.366 e. The van der Waals surface area contributed by atoms with Crippen molar-refractivity contribution in [3.05, 3.63) is 95.6 Å². The molecule has 1 atom stereocenters. The highest BCUT2D eigenvalue weighted by Crippen LogP contribution is 2.30. The lowest BCUT2D eigenvalue weighted by Crippen LogP contribution is -2.37. The van der Waals surface area contributed by atoms with Gasteiger partial charge in [-0.25, -0.2) is 0 Å². The predicted octanol–water partition coefficient (Wildman–Crippen LogP) is 4.62. The van der Waals surface area contributed by atoms with E-state index in [9.17, 15) is 9.59 Å². The molecule has 34 heavy (non-hydrogen) atoms. The summed E-state index contributed by atoms with van der Waals surface area (Å²) >= 11 is 0. The highest BCUT2D eigenvalue weighted by molar-refractivity contribution is 5.94. The van der Waals surface area contributed by atoms with Gasteiger partial charge in [0.2, 0.25) is 11.8 Å². The highest BCUT2D eigenvalue weighted by atomic mass is 16.2. The Balaban J connectivity index is 1.59. The number of hydrogen-bond donors (Lipinski definition) is 3. The third-order valence-electron chi connectivity index (χ3n) is 6.92. The summed E-state index contributed by atoms with van der Waals surface area (Å²) < 4.78 is 0. The van der Waals surface area contributed by atoms with Gasteiger partial charge in [0.25, 0.3) is 0 Å². The van der Waals surface area contributed by atoms with E-state index in [0.29, 0.717) is 24.4 Å². The molecule has 1 saturated carbocycles. The van der Waals surface area contributed by atoms with Crippen molar-refractivity contribution in [3.8, 4) is 11.1 Å². The van der Waals surface area contributed by atoms with Gasteiger partial charge in [0.15, 0.2) is 0 Å². The summed E-state index contributed by atoms with van der Waals surface area (Å²) in [6, 6.07) is 25.6. The Morgan fingerprint density at radius 3 is 2.21 bits per heavy atom. The second kappa shape index (κ2) is 11.1. The quantitative estimate of drug-likeness (QED) is 0.462. The Bertz CT molecular complexity index is 1120. The van der Waals surface area contributed by atoms with Crippen LogP contribution >= 0.6 is 0 Å². The zero-order chi connectivity index (χ0) is 23.9. The lowest BCUT2D eigenvalue weighted by Gasteiger charge is -2.29. The van der Waals surface area contributed by atoms with E-state index >= 15 is 0 Å². The van der Waals surface area contributed by atoms with Gasteiger partial charge in [-0.3, -0.25) is 9.59 Å². The van der Waals surface area contributed by atoms with Gasteiger partial charge in [-0.05, 0) is 85.0 Å². The van der Waals surface area contributed by atoms with Crippen molar-refractivity contribution in [2.24, 2.45) is 23.3 Å². The normalized spacial score (nSPS) is 18.7. The van der Waals surface area contributed by atoms with Crippen LogP contribution in [0.2, 0.25) is 0 Å². The van der Waals surface area contributed by atoms with Gasteiger partial charge in [-0.1, -0.05) is 60.7 Å². The van der Waals surface area contributed by atoms with Crippen LogP contribution in [-0.2, 0) is 11.2 Å². The maximum atomic E-state index is 13.2. The molecule has 1 aliphatic rings. The average Bonchev–Trinajstić information content (AvgIpc) is 2.89. The van der Waals surface area contributed by atoms with Crippen molar-refractivity contribution in [1.29, 1.82) is 0 Å². The SMILES string of the molecule is NCC1CCC(C(=O)NC(Cc2ccccc2)c2cccc(-c3cccc(C(N)=O)c3)c2)CC1. The highest BCUT2D eigenvalue weighted by Gasteiger charge is 2.27. The van der Waals surface area contributed by atoms with Crippen molar-refractivity contribution < 1.29 is 9.59 Å². The first-order valence-electron chi connectivity index (χ1n) is 12.1. The molecule has 1 aliphatic carbocycles. The average molecular weight is 456 g/mol. The molecule has 2 amide bonds. The molecule has 4 rings (SSSR count). The molecule has 5 nitrogen and oxygen atoms in total. The Morgan fingerprint density at radius 2 is 1.53 bits per heavy atom. The van der Waals surface area contributed by atoms with E-state index in [1.807, 2.05) is 48.5 Å². The summed E-state index contributed by atoms with van der Waals surface area (Å²) in [7, 11) is 0. The topological polar surface area (TPSA) is 98.2 Å². The molecule has 5 N–H and O–H groups in total. The van der Waals surface area contributed by atoms with Crippen LogP contribution in [0, 0.1) is 11.8 Å². The summed E-state index contributed by atoms with van der Waals surface area (Å²) in [6.45, 7) is 0.703. The number of benzene rings is 3. The molecule has 3 aromatic carbocycles. The molecular formula is C29H33N3O2. The van der Waals surface area contributed by atoms with Gasteiger partial charge in [0, 0.05) is 11.5 Å². The fourth-order valence-corrected chi connectivity index (χ4v) is 4.84. The van der Waals surface area contributed by atoms with E-state index in [1.54, 1.807) is 6.07 Å². The van der Waals surface area contributed by atoms with Gasteiger partial charge in [0.05, 0.1) is 6.04 Å². The molecule has 0 aromatic heterocycles. The van der Waals surface area contributed by atoms with E-state index in [-0.39, 0.29) is 17.9 Å². The second-order valence-corrected chi connectivity index (χ2v) is 9.27. The minimum atomic E-state index is -0.448. The van der Waals surface area contributed by atoms with Crippen molar-refractivity contribution in [2.45, 2.75) is 38.1 Å². The first-order chi connectivity index (χ1) is 16.5. The third-order valence-corrected chi connectivity index (χ3v) is 6.92. The second-order valence-electron chi connectivity index (χ2n) is 9.27. The molecule has 0 saturated heterocycles. The summed E-state index contributed by atoms with van der Waals surface area (Å²) in [6.07, 6.45) is 4.53. The van der Waals surface area contributed by atoms with E-state index in [0.717, 1.165) is 42.4 Å². The molecule has 0 spiro atoms. The predicted molar refractivity (Wildman–Crippen MR) is 136 cm³/mol. The van der Waals surface area contributed by atoms with Gasteiger partial charge in [-0.15, -0.1) is 0 Å². The zero-order valence-electron chi connectivity index (χ0n) is 19.5. The van der Waals surface area contributed by atoms with Crippen molar-refractivity contribution in [3.63, 3.8) is 0 Å². The molecule has 176 valence electrons. The van der Waals surface area contributed by atoms with Crippen LogP contribution in [0.1, 0.15) is 53.2 Å². The van der Waals surface area contributed by atoms with Crippen LogP contribution < -0.4 is 16.8 Å². The monoisotopic (exact) mass is 455 g/mol. The van der Waals surface area contributed by atoms with Gasteiger partial charge in [0.1, 0.15) is 0 Å². The standard InChI is InChI=1S/C29H33N3O2/c30-19-21-12-14-22(15-13-21)29(34)32-27(16-20-6-2-1-3-7-20)25-10-4-8-23(17-25)24-9-5-11-26(18-24)28(31)33/h1-11,17-18,21-22,27H,12-16,19,30H2,(H2,31,33)(H,32,34). The Kier molecular flexibility index (Phi) is 7.76. The van der Waals surface area contributed by atoms with Crippen LogP contribution in [0.5, 0.6) is 0 Å². The van der Waals surface area contributed by atoms with E-state index in [2.05, 4.69) is 29.6 Å². The summed E-state index contributed by atoms with van der Waals surface area (Å²) in [5.74, 6) is 0.252. The van der Waals surface area contributed by atoms with Crippen molar-refractivity contribution in [2.75, 3.05) is 6.54 Å². The Labute approximate surface area is 201 Å². The molecule has 5 heteroatoms. The summed E-state index contributed by atoms with van der Waals surface area (Å²) in [5.41, 5.74) is 15.9. The van der Waals surface area contributed by atoms with Crippen LogP contribution in [0.4, 0.5) is 0 Å². The van der Waals surface area contributed by atoms with E-state index < -0.39 is 5.91 Å². The maximum Gasteiger partial charge on any atom is 0.248 e. The van der Waals surface area contributed by atoms with Crippen LogP contribution in [0.3, 0.4) is 0 Å². The number of carbonyl (C=O) groups is 2. The first-order valence-corrected chi connectivity index (χ1v) is 12.1. The van der Waals surface area contributed by atoms with E-state index in [4.69, 9.17) is 11.5 Å². The van der Waals surface area contributed by atoms with E-state index in [1.165, 1.54) is 5.56 Å². The fourth-order valence-electron chi connectivity index (χ4n) is 4.84. The molecule has 1 unspecified atom stereocenters. The lowest BCUT2D eigenvalue weighted by molar-refractivity contribution is -0.127. The number of carbonyl (C=O) groups excluding carboxylic acids is 2. The maximum absolute atomic E-state index is 13.2. The van der Waals surface area contributed by atoms with Gasteiger partial charge < -0.3 is 16.8 Å². The van der Waals surface area contributed by atoms with Crippen LogP contribution in [0.15, 0.2) is 78.9 Å². The Hall–Kier alpha value is -3.44. The number of amides is 2. The third kappa shape index (κ3) is 5.91. The number of nitrogens with one attached hydrogen (secondary N) is 1. The first kappa shape index (κ1) is 23.7. The number of nitrogens with two attached hydrogens (primary N) is 2. The van der Waals surface area contributed by atoms with Gasteiger partial charge >= 0.3 is 0 Å². The molecule has 1 fully saturated rings. The van der Waals surface area contributed by atoms with Crippen molar-refractivity contribution >= 4 is 11.8 Å². The van der Waals surface area contributed by atoms with Crippen LogP contribution in [0.25, 0.3) is 11.1 Å². The molecule has 0 radical (unpaired) electrons. The molecular weight excluding hydrogens is 422 g/mol. The summed E-state index contributed by atoms with van der Waals surface area (Å²) in [4.78, 5) is 24.9.